The molecule has 0 aliphatic carbocycles. The lowest BCUT2D eigenvalue weighted by atomic mass is 10.0. The molecule has 2 aromatic rings. The van der Waals surface area contributed by atoms with Gasteiger partial charge >= 0.3 is 0 Å². The monoisotopic (exact) mass is 287 g/mol. The number of anilines is 1. The van der Waals surface area contributed by atoms with Gasteiger partial charge in [0, 0.05) is 11.6 Å². The van der Waals surface area contributed by atoms with E-state index in [-0.39, 0.29) is 6.04 Å². The molecule has 0 aliphatic heterocycles. The van der Waals surface area contributed by atoms with Gasteiger partial charge in [0.2, 0.25) is 0 Å². The first-order chi connectivity index (χ1) is 9.81. The second-order valence-corrected chi connectivity index (χ2v) is 6.01. The Kier molecular flexibility index (Phi) is 4.26. The van der Waals surface area contributed by atoms with Crippen LogP contribution in [0.5, 0.6) is 5.75 Å². The Balaban J connectivity index is 2.29. The molecule has 1 heterocycles. The summed E-state index contributed by atoms with van der Waals surface area (Å²) < 4.78 is 2.03. The second-order valence-electron chi connectivity index (χ2n) is 6.01. The number of phenols is 1. The highest BCUT2D eigenvalue weighted by Gasteiger charge is 2.17. The molecule has 0 saturated carbocycles. The Hall–Kier alpha value is -1.97. The van der Waals surface area contributed by atoms with Crippen molar-refractivity contribution in [1.29, 1.82) is 0 Å². The van der Waals surface area contributed by atoms with E-state index < -0.39 is 0 Å². The summed E-state index contributed by atoms with van der Waals surface area (Å²) in [7, 11) is 0. The highest BCUT2D eigenvalue weighted by atomic mass is 16.3. The van der Waals surface area contributed by atoms with Crippen molar-refractivity contribution in [3.63, 3.8) is 0 Å². The molecule has 21 heavy (non-hydrogen) atoms. The summed E-state index contributed by atoms with van der Waals surface area (Å²) in [6, 6.07) is 6.14. The van der Waals surface area contributed by atoms with Crippen LogP contribution < -0.4 is 5.32 Å². The average Bonchev–Trinajstić information content (AvgIpc) is 2.66. The minimum Gasteiger partial charge on any atom is -0.508 e. The third kappa shape index (κ3) is 3.04. The molecule has 0 radical (unpaired) electrons. The van der Waals surface area contributed by atoms with Crippen molar-refractivity contribution in [1.82, 2.24) is 9.78 Å². The van der Waals surface area contributed by atoms with Gasteiger partial charge in [0.1, 0.15) is 5.75 Å². The van der Waals surface area contributed by atoms with Crippen molar-refractivity contribution in [2.45, 2.75) is 53.6 Å². The zero-order valence-electron chi connectivity index (χ0n) is 13.7. The predicted molar refractivity (Wildman–Crippen MR) is 87.0 cm³/mol. The number of phenolic OH excluding ortho intramolecular Hbond substituents is 1. The smallest absolute Gasteiger partial charge is 0.121 e. The number of aryl methyl sites for hydroxylation is 2. The number of nitrogens with zero attached hydrogens (tertiary/aromatic N) is 2. The molecule has 4 nitrogen and oxygen atoms in total. The summed E-state index contributed by atoms with van der Waals surface area (Å²) in [6.07, 6.45) is 0. The quantitative estimate of drug-likeness (QED) is 0.883. The van der Waals surface area contributed by atoms with Gasteiger partial charge in [0.25, 0.3) is 0 Å². The molecule has 0 fully saturated rings. The van der Waals surface area contributed by atoms with Gasteiger partial charge in [0.15, 0.2) is 0 Å². The van der Waals surface area contributed by atoms with Gasteiger partial charge in [-0.3, -0.25) is 4.68 Å². The number of rotatable bonds is 4. The van der Waals surface area contributed by atoms with Gasteiger partial charge in [0.05, 0.1) is 23.1 Å². The topological polar surface area (TPSA) is 50.1 Å². The first kappa shape index (κ1) is 15.4. The molecular formula is C17H25N3O. The summed E-state index contributed by atoms with van der Waals surface area (Å²) in [4.78, 5) is 0. The Morgan fingerprint density at radius 1 is 1.14 bits per heavy atom. The van der Waals surface area contributed by atoms with Crippen LogP contribution in [0.25, 0.3) is 0 Å². The lowest BCUT2D eigenvalue weighted by Gasteiger charge is -2.18. The zero-order chi connectivity index (χ0) is 15.7. The van der Waals surface area contributed by atoms with Crippen LogP contribution in [0.4, 0.5) is 5.69 Å². The molecule has 0 saturated heterocycles. The highest BCUT2D eigenvalue weighted by Crippen LogP contribution is 2.31. The summed E-state index contributed by atoms with van der Waals surface area (Å²) in [5.41, 5.74) is 5.12. The van der Waals surface area contributed by atoms with Crippen LogP contribution in [0, 0.1) is 20.8 Å². The third-order valence-electron chi connectivity index (χ3n) is 3.83. The van der Waals surface area contributed by atoms with Crippen LogP contribution in [0.2, 0.25) is 0 Å². The molecule has 0 spiro atoms. The molecule has 0 aliphatic rings. The van der Waals surface area contributed by atoms with Gasteiger partial charge in [-0.05, 0) is 53.2 Å². The van der Waals surface area contributed by atoms with E-state index in [1.165, 1.54) is 0 Å². The minimum absolute atomic E-state index is 0.0211. The van der Waals surface area contributed by atoms with Gasteiger partial charge in [-0.25, -0.2) is 0 Å². The fraction of sp³-hybridized carbons (Fsp3) is 0.471. The highest BCUT2D eigenvalue weighted by molar-refractivity contribution is 5.54. The Morgan fingerprint density at radius 2 is 1.81 bits per heavy atom. The maximum absolute atomic E-state index is 10.1. The number of hydrogen-bond acceptors (Lipinski definition) is 3. The van der Waals surface area contributed by atoms with E-state index in [4.69, 9.17) is 0 Å². The third-order valence-corrected chi connectivity index (χ3v) is 3.83. The van der Waals surface area contributed by atoms with E-state index in [0.29, 0.717) is 11.8 Å². The summed E-state index contributed by atoms with van der Waals surface area (Å²) in [6.45, 7) is 12.4. The molecule has 1 atom stereocenters. The first-order valence-electron chi connectivity index (χ1n) is 7.43. The molecule has 0 bridgehead atoms. The van der Waals surface area contributed by atoms with Crippen molar-refractivity contribution in [2.24, 2.45) is 0 Å². The molecular weight excluding hydrogens is 262 g/mol. The van der Waals surface area contributed by atoms with Crippen molar-refractivity contribution in [3.05, 3.63) is 40.7 Å². The van der Waals surface area contributed by atoms with Gasteiger partial charge in [-0.15, -0.1) is 0 Å². The van der Waals surface area contributed by atoms with E-state index in [1.807, 2.05) is 30.7 Å². The van der Waals surface area contributed by atoms with Crippen LogP contribution in [-0.2, 0) is 0 Å². The van der Waals surface area contributed by atoms with Gasteiger partial charge in [-0.1, -0.05) is 12.1 Å². The van der Waals surface area contributed by atoms with Crippen LogP contribution >= 0.6 is 0 Å². The Morgan fingerprint density at radius 3 is 2.33 bits per heavy atom. The molecule has 0 amide bonds. The predicted octanol–water partition coefficient (Wildman–Crippen LogP) is 4.27. The minimum atomic E-state index is 0.0211. The van der Waals surface area contributed by atoms with E-state index >= 15 is 0 Å². The standard InChI is InChI=1S/C17H25N3O/c1-10(2)20-14(6)17(13(5)19-20)18-12(4)15-8-7-11(3)9-16(15)21/h7-10,12,18,21H,1-6H3. The summed E-state index contributed by atoms with van der Waals surface area (Å²) >= 11 is 0. The van der Waals surface area contributed by atoms with Crippen LogP contribution in [0.1, 0.15) is 55.4 Å². The van der Waals surface area contributed by atoms with Crippen LogP contribution in [0.3, 0.4) is 0 Å². The fourth-order valence-corrected chi connectivity index (χ4v) is 2.69. The lowest BCUT2D eigenvalue weighted by molar-refractivity contribution is 0.465. The zero-order valence-corrected chi connectivity index (χ0v) is 13.7. The van der Waals surface area contributed by atoms with E-state index in [2.05, 4.69) is 38.1 Å². The summed E-state index contributed by atoms with van der Waals surface area (Å²) in [5, 5.41) is 18.2. The summed E-state index contributed by atoms with van der Waals surface area (Å²) in [5.74, 6) is 0.335. The van der Waals surface area contributed by atoms with E-state index in [1.54, 1.807) is 6.07 Å². The molecule has 1 unspecified atom stereocenters. The Labute approximate surface area is 126 Å². The molecule has 2 N–H and O–H groups in total. The fourth-order valence-electron chi connectivity index (χ4n) is 2.69. The average molecular weight is 287 g/mol. The number of hydrogen-bond donors (Lipinski definition) is 2. The first-order valence-corrected chi connectivity index (χ1v) is 7.43. The van der Waals surface area contributed by atoms with Crippen LogP contribution in [0.15, 0.2) is 18.2 Å². The largest absolute Gasteiger partial charge is 0.508 e. The van der Waals surface area contributed by atoms with Crippen molar-refractivity contribution in [3.8, 4) is 5.75 Å². The van der Waals surface area contributed by atoms with Crippen molar-refractivity contribution in [2.75, 3.05) is 5.32 Å². The van der Waals surface area contributed by atoms with Gasteiger partial charge in [-0.2, -0.15) is 5.10 Å². The second kappa shape index (κ2) is 5.80. The number of aromatic nitrogens is 2. The molecule has 4 heteroatoms. The van der Waals surface area contributed by atoms with Crippen molar-refractivity contribution >= 4 is 5.69 Å². The van der Waals surface area contributed by atoms with Gasteiger partial charge < -0.3 is 10.4 Å². The molecule has 114 valence electrons. The van der Waals surface area contributed by atoms with Crippen LogP contribution in [-0.4, -0.2) is 14.9 Å². The number of benzene rings is 1. The van der Waals surface area contributed by atoms with E-state index in [9.17, 15) is 5.11 Å². The maximum Gasteiger partial charge on any atom is 0.121 e. The SMILES string of the molecule is Cc1ccc(C(C)Nc2c(C)nn(C(C)C)c2C)c(O)c1. The lowest BCUT2D eigenvalue weighted by Crippen LogP contribution is -2.09. The normalized spacial score (nSPS) is 12.7. The number of nitrogens with one attached hydrogen (secondary N) is 1. The van der Waals surface area contributed by atoms with E-state index in [0.717, 1.165) is 28.2 Å². The van der Waals surface area contributed by atoms with Crippen molar-refractivity contribution < 1.29 is 5.11 Å². The molecule has 1 aromatic carbocycles. The molecule has 1 aromatic heterocycles. The Bertz CT molecular complexity index is 644. The molecule has 2 rings (SSSR count). The maximum atomic E-state index is 10.1. The number of aromatic hydroxyl groups is 1.